The summed E-state index contributed by atoms with van der Waals surface area (Å²) in [5, 5.41) is 15.2. The maximum atomic E-state index is 13.1. The Bertz CT molecular complexity index is 906. The normalized spacial score (nSPS) is 18.6. The molecule has 0 aliphatic carbocycles. The zero-order valence-corrected chi connectivity index (χ0v) is 14.8. The molecule has 1 aromatic carbocycles. The van der Waals surface area contributed by atoms with Gasteiger partial charge in [0.15, 0.2) is 4.90 Å². The minimum Gasteiger partial charge on any atom is -0.361 e. The molecule has 0 amide bonds. The van der Waals surface area contributed by atoms with Crippen LogP contribution in [0.3, 0.4) is 0 Å². The highest BCUT2D eigenvalue weighted by Gasteiger charge is 2.41. The summed E-state index contributed by atoms with van der Waals surface area (Å²) in [7, 11) is -4.01. The van der Waals surface area contributed by atoms with E-state index in [4.69, 9.17) is 4.52 Å². The molecule has 1 aliphatic heterocycles. The van der Waals surface area contributed by atoms with Crippen LogP contribution in [0.4, 0.5) is 5.69 Å². The number of hydrogen-bond donors (Lipinski definition) is 0. The van der Waals surface area contributed by atoms with Crippen LogP contribution in [-0.4, -0.2) is 29.3 Å². The van der Waals surface area contributed by atoms with E-state index in [2.05, 4.69) is 5.16 Å². The number of sulfonamides is 1. The zero-order valence-electron chi connectivity index (χ0n) is 14.0. The molecule has 1 unspecified atom stereocenters. The fraction of sp³-hybridized carbons (Fsp3) is 0.438. The van der Waals surface area contributed by atoms with Gasteiger partial charge in [-0.3, -0.25) is 10.1 Å². The molecule has 0 bridgehead atoms. The molecule has 2 heterocycles. The highest BCUT2D eigenvalue weighted by atomic mass is 32.2. The molecular weight excluding hydrogens is 346 g/mol. The Morgan fingerprint density at radius 3 is 2.80 bits per heavy atom. The lowest BCUT2D eigenvalue weighted by molar-refractivity contribution is -0.387. The van der Waals surface area contributed by atoms with Crippen LogP contribution in [0.1, 0.15) is 42.8 Å². The Kier molecular flexibility index (Phi) is 4.61. The molecule has 1 saturated heterocycles. The van der Waals surface area contributed by atoms with Gasteiger partial charge in [0.25, 0.3) is 5.69 Å². The van der Waals surface area contributed by atoms with Gasteiger partial charge in [-0.15, -0.1) is 0 Å². The lowest BCUT2D eigenvalue weighted by atomic mass is 10.0. The van der Waals surface area contributed by atoms with E-state index in [0.717, 1.165) is 5.56 Å². The SMILES string of the molecule is CCc1onc(C)c1C1CCCN1S(=O)(=O)c1ccccc1[N+](=O)[O-]. The van der Waals surface area contributed by atoms with Gasteiger partial charge in [0, 0.05) is 24.6 Å². The molecule has 3 rings (SSSR count). The van der Waals surface area contributed by atoms with E-state index in [-0.39, 0.29) is 4.90 Å². The molecule has 1 atom stereocenters. The first-order valence-corrected chi connectivity index (χ1v) is 9.52. The standard InChI is InChI=1S/C16H19N3O5S/c1-3-14-16(11(2)17-24-14)13-8-6-10-18(13)25(22,23)15-9-5-4-7-12(15)19(20)21/h4-5,7,9,13H,3,6,8,10H2,1-2H3. The smallest absolute Gasteiger partial charge is 0.289 e. The van der Waals surface area contributed by atoms with Crippen molar-refractivity contribution >= 4 is 15.7 Å². The van der Waals surface area contributed by atoms with E-state index < -0.39 is 26.7 Å². The van der Waals surface area contributed by atoms with Gasteiger partial charge in [-0.2, -0.15) is 4.31 Å². The van der Waals surface area contributed by atoms with Crippen LogP contribution in [0.15, 0.2) is 33.7 Å². The molecule has 134 valence electrons. The van der Waals surface area contributed by atoms with Gasteiger partial charge < -0.3 is 4.52 Å². The van der Waals surface area contributed by atoms with Crippen molar-refractivity contribution in [3.8, 4) is 0 Å². The van der Waals surface area contributed by atoms with Gasteiger partial charge in [-0.25, -0.2) is 8.42 Å². The fourth-order valence-electron chi connectivity index (χ4n) is 3.37. The van der Waals surface area contributed by atoms with Gasteiger partial charge >= 0.3 is 0 Å². The number of aryl methyl sites for hydroxylation is 2. The van der Waals surface area contributed by atoms with Crippen LogP contribution in [0, 0.1) is 17.0 Å². The summed E-state index contributed by atoms with van der Waals surface area (Å²) in [5.41, 5.74) is 1.03. The van der Waals surface area contributed by atoms with E-state index in [9.17, 15) is 18.5 Å². The van der Waals surface area contributed by atoms with Crippen molar-refractivity contribution in [2.24, 2.45) is 0 Å². The predicted molar refractivity (Wildman–Crippen MR) is 89.6 cm³/mol. The Balaban J connectivity index is 2.08. The van der Waals surface area contributed by atoms with Crippen LogP contribution >= 0.6 is 0 Å². The Labute approximate surface area is 145 Å². The zero-order chi connectivity index (χ0) is 18.2. The Morgan fingerprint density at radius 1 is 1.40 bits per heavy atom. The average Bonchev–Trinajstić information content (AvgIpc) is 3.20. The monoisotopic (exact) mass is 365 g/mol. The minimum atomic E-state index is -4.01. The number of nitro groups is 1. The number of hydrogen-bond acceptors (Lipinski definition) is 6. The molecule has 0 spiro atoms. The topological polar surface area (TPSA) is 107 Å². The quantitative estimate of drug-likeness (QED) is 0.595. The maximum Gasteiger partial charge on any atom is 0.289 e. The Hall–Kier alpha value is -2.26. The Morgan fingerprint density at radius 2 is 2.12 bits per heavy atom. The first-order chi connectivity index (χ1) is 11.9. The molecule has 25 heavy (non-hydrogen) atoms. The summed E-state index contributed by atoms with van der Waals surface area (Å²) in [6.45, 7) is 4.01. The molecule has 1 aliphatic rings. The molecule has 0 N–H and O–H groups in total. The lowest BCUT2D eigenvalue weighted by Crippen LogP contribution is -2.31. The molecule has 8 nitrogen and oxygen atoms in total. The third-order valence-electron chi connectivity index (χ3n) is 4.49. The van der Waals surface area contributed by atoms with Crippen molar-refractivity contribution in [1.29, 1.82) is 0 Å². The summed E-state index contributed by atoms with van der Waals surface area (Å²) in [6.07, 6.45) is 1.92. The van der Waals surface area contributed by atoms with Crippen LogP contribution < -0.4 is 0 Å². The second kappa shape index (κ2) is 6.57. The number of benzene rings is 1. The van der Waals surface area contributed by atoms with Crippen LogP contribution in [0.25, 0.3) is 0 Å². The van der Waals surface area contributed by atoms with Gasteiger partial charge in [-0.05, 0) is 25.8 Å². The maximum absolute atomic E-state index is 13.1. The lowest BCUT2D eigenvalue weighted by Gasteiger charge is -2.24. The molecular formula is C16H19N3O5S. The average molecular weight is 365 g/mol. The number of para-hydroxylation sites is 1. The van der Waals surface area contributed by atoms with Gasteiger partial charge in [-0.1, -0.05) is 24.2 Å². The first kappa shape index (κ1) is 17.6. The van der Waals surface area contributed by atoms with Crippen LogP contribution in [-0.2, 0) is 16.4 Å². The summed E-state index contributed by atoms with van der Waals surface area (Å²) >= 11 is 0. The van der Waals surface area contributed by atoms with Gasteiger partial charge in [0.05, 0.1) is 16.7 Å². The molecule has 0 radical (unpaired) electrons. The van der Waals surface area contributed by atoms with Crippen molar-refractivity contribution in [2.75, 3.05) is 6.54 Å². The van der Waals surface area contributed by atoms with E-state index in [1.807, 2.05) is 6.92 Å². The molecule has 1 fully saturated rings. The largest absolute Gasteiger partial charge is 0.361 e. The molecule has 0 saturated carbocycles. The second-order valence-corrected chi connectivity index (χ2v) is 7.82. The van der Waals surface area contributed by atoms with E-state index >= 15 is 0 Å². The summed E-state index contributed by atoms with van der Waals surface area (Å²) in [5.74, 6) is 0.659. The first-order valence-electron chi connectivity index (χ1n) is 8.08. The van der Waals surface area contributed by atoms with E-state index in [1.165, 1.54) is 28.6 Å². The van der Waals surface area contributed by atoms with Gasteiger partial charge in [0.1, 0.15) is 5.76 Å². The highest BCUT2D eigenvalue weighted by molar-refractivity contribution is 7.89. The van der Waals surface area contributed by atoms with E-state index in [1.54, 1.807) is 6.92 Å². The third kappa shape index (κ3) is 2.93. The van der Waals surface area contributed by atoms with E-state index in [0.29, 0.717) is 37.3 Å². The molecule has 2 aromatic rings. The summed E-state index contributed by atoms with van der Waals surface area (Å²) < 4.78 is 32.9. The van der Waals surface area contributed by atoms with Crippen molar-refractivity contribution in [2.45, 2.75) is 44.0 Å². The number of aromatic nitrogens is 1. The van der Waals surface area contributed by atoms with Gasteiger partial charge in [0.2, 0.25) is 10.0 Å². The minimum absolute atomic E-state index is 0.279. The van der Waals surface area contributed by atoms with Crippen LogP contribution in [0.5, 0.6) is 0 Å². The summed E-state index contributed by atoms with van der Waals surface area (Å²) in [6, 6.07) is 5.03. The fourth-order valence-corrected chi connectivity index (χ4v) is 5.20. The summed E-state index contributed by atoms with van der Waals surface area (Å²) in [4.78, 5) is 10.3. The number of rotatable bonds is 5. The molecule has 1 aromatic heterocycles. The van der Waals surface area contributed by atoms with Crippen molar-refractivity contribution in [1.82, 2.24) is 9.46 Å². The predicted octanol–water partition coefficient (Wildman–Crippen LogP) is 2.98. The second-order valence-electron chi connectivity index (χ2n) is 5.96. The number of nitro benzene ring substituents is 1. The van der Waals surface area contributed by atoms with Crippen molar-refractivity contribution in [3.05, 3.63) is 51.4 Å². The van der Waals surface area contributed by atoms with Crippen molar-refractivity contribution < 1.29 is 17.9 Å². The van der Waals surface area contributed by atoms with Crippen molar-refractivity contribution in [3.63, 3.8) is 0 Å². The molecule has 9 heteroatoms. The highest BCUT2D eigenvalue weighted by Crippen LogP contribution is 2.40. The third-order valence-corrected chi connectivity index (χ3v) is 6.45. The number of nitrogens with zero attached hydrogens (tertiary/aromatic N) is 3. The van der Waals surface area contributed by atoms with Crippen LogP contribution in [0.2, 0.25) is 0 Å².